The van der Waals surface area contributed by atoms with Gasteiger partial charge in [-0.1, -0.05) is 195 Å². The van der Waals surface area contributed by atoms with Crippen LogP contribution in [-0.2, 0) is 5.41 Å². The lowest BCUT2D eigenvalue weighted by molar-refractivity contribution is 0.660. The highest BCUT2D eigenvalue weighted by molar-refractivity contribution is 8.00. The van der Waals surface area contributed by atoms with E-state index in [0.29, 0.717) is 0 Å². The second-order valence-corrected chi connectivity index (χ2v) is 22.2. The molecule has 0 atom stereocenters. The number of nitrogens with zero attached hydrogens (tertiary/aromatic N) is 2. The molecule has 3 aliphatic rings. The number of benzene rings is 12. The Labute approximate surface area is 434 Å². The highest BCUT2D eigenvalue weighted by atomic mass is 32.2. The third-order valence-electron chi connectivity index (χ3n) is 15.6. The zero-order valence-corrected chi connectivity index (χ0v) is 41.9. The van der Waals surface area contributed by atoms with Gasteiger partial charge in [0.05, 0.1) is 22.7 Å². The molecule has 0 radical (unpaired) electrons. The maximum Gasteiger partial charge on any atom is 0.0601 e. The third kappa shape index (κ3) is 6.54. The largest absolute Gasteiger partial charge is 0.308 e. The van der Waals surface area contributed by atoms with Crippen molar-refractivity contribution in [2.24, 2.45) is 0 Å². The van der Waals surface area contributed by atoms with Crippen LogP contribution in [0, 0.1) is 0 Å². The summed E-state index contributed by atoms with van der Waals surface area (Å²) in [6.07, 6.45) is 0. The van der Waals surface area contributed by atoms with Crippen molar-refractivity contribution < 1.29 is 0 Å². The van der Waals surface area contributed by atoms with E-state index in [1.165, 1.54) is 130 Å². The average Bonchev–Trinajstić information content (AvgIpc) is 3.67. The van der Waals surface area contributed by atoms with Gasteiger partial charge in [0.1, 0.15) is 0 Å². The summed E-state index contributed by atoms with van der Waals surface area (Å²) in [5.41, 5.74) is 19.6. The Bertz CT molecular complexity index is 4190. The Morgan fingerprint density at radius 2 is 0.753 bits per heavy atom. The summed E-state index contributed by atoms with van der Waals surface area (Å²) in [5.74, 6) is 0. The Morgan fingerprint density at radius 1 is 0.301 bits per heavy atom. The third-order valence-corrected chi connectivity index (χ3v) is 17.9. The fourth-order valence-electron chi connectivity index (χ4n) is 12.2. The second-order valence-electron chi connectivity index (χ2n) is 20.0. The van der Waals surface area contributed by atoms with E-state index in [2.05, 4.69) is 266 Å². The fourth-order valence-corrected chi connectivity index (χ4v) is 14.3. The van der Waals surface area contributed by atoms with Crippen LogP contribution in [-0.4, -0.2) is 0 Å². The van der Waals surface area contributed by atoms with Crippen LogP contribution < -0.4 is 9.80 Å². The van der Waals surface area contributed by atoms with E-state index >= 15 is 0 Å². The Hall–Kier alpha value is -8.28. The number of fused-ring (bicyclic) bond motifs is 10. The smallest absolute Gasteiger partial charge is 0.0601 e. The lowest BCUT2D eigenvalue weighted by atomic mass is 9.80. The minimum absolute atomic E-state index is 0.132. The molecule has 0 amide bonds. The summed E-state index contributed by atoms with van der Waals surface area (Å²) in [4.78, 5) is 9.93. The van der Waals surface area contributed by atoms with Crippen LogP contribution in [0.3, 0.4) is 0 Å². The Kier molecular flexibility index (Phi) is 9.51. The molecule has 0 saturated carbocycles. The number of hydrogen-bond acceptors (Lipinski definition) is 4. The fraction of sp³-hybridized carbons (Fsp3) is 0.0435. The van der Waals surface area contributed by atoms with Crippen LogP contribution in [0.4, 0.5) is 34.1 Å². The van der Waals surface area contributed by atoms with E-state index in [-0.39, 0.29) is 5.41 Å². The molecule has 0 spiro atoms. The normalized spacial score (nSPS) is 13.8. The lowest BCUT2D eigenvalue weighted by Crippen LogP contribution is -2.15. The average molecular weight is 967 g/mol. The van der Waals surface area contributed by atoms with Crippen LogP contribution in [0.15, 0.2) is 262 Å². The molecule has 2 nitrogen and oxygen atoms in total. The minimum atomic E-state index is -0.132. The molecule has 0 N–H and O–H groups in total. The molecule has 15 rings (SSSR count). The van der Waals surface area contributed by atoms with Crippen LogP contribution in [0.25, 0.3) is 76.8 Å². The van der Waals surface area contributed by atoms with Gasteiger partial charge in [-0.2, -0.15) is 0 Å². The van der Waals surface area contributed by atoms with Crippen molar-refractivity contribution >= 4 is 90.0 Å². The van der Waals surface area contributed by atoms with Gasteiger partial charge in [0.25, 0.3) is 0 Å². The molecule has 0 aromatic heterocycles. The first-order chi connectivity index (χ1) is 36.0. The van der Waals surface area contributed by atoms with Crippen molar-refractivity contribution in [3.05, 3.63) is 254 Å². The van der Waals surface area contributed by atoms with E-state index in [4.69, 9.17) is 0 Å². The maximum absolute atomic E-state index is 2.49. The van der Waals surface area contributed by atoms with Crippen molar-refractivity contribution in [1.82, 2.24) is 0 Å². The van der Waals surface area contributed by atoms with E-state index in [1.54, 1.807) is 0 Å². The zero-order chi connectivity index (χ0) is 48.4. The molecule has 1 aliphatic carbocycles. The standard InChI is InChI=1S/C69H46N2S2/c1-69(2)57-22-8-7-20-50(57)51-36-33-45(40-58(51)69)49-19-5-6-21-52(49)68-54-38-35-47(70-59-23-9-13-27-63(59)72-64-28-14-10-24-60(64)70)41-55(54)67(46-32-31-43-17-3-4-18-44(43)39-46)53-37-34-48(42-56(53)68)71-61-25-11-15-29-65(61)73-66-30-16-12-26-62(66)71/h3-42H,1-2H3. The zero-order valence-electron chi connectivity index (χ0n) is 40.3. The van der Waals surface area contributed by atoms with Gasteiger partial charge in [-0.3, -0.25) is 0 Å². The van der Waals surface area contributed by atoms with Gasteiger partial charge >= 0.3 is 0 Å². The van der Waals surface area contributed by atoms with Gasteiger partial charge in [0.15, 0.2) is 0 Å². The SMILES string of the molecule is CC1(C)c2ccccc2-c2ccc(-c3ccccc3-c3c4ccc(N5c6ccccc6Sc6ccccc65)cc4c(-c4ccc5ccccc5c4)c4ccc(N5c6ccccc6Sc6ccccc65)cc34)cc21. The molecule has 0 bridgehead atoms. The van der Waals surface area contributed by atoms with Crippen molar-refractivity contribution in [3.63, 3.8) is 0 Å². The quantitative estimate of drug-likeness (QED) is 0.159. The van der Waals surface area contributed by atoms with E-state index in [1.807, 2.05) is 23.5 Å². The summed E-state index contributed by atoms with van der Waals surface area (Å²) >= 11 is 3.70. The first-order valence-electron chi connectivity index (χ1n) is 25.2. The highest BCUT2D eigenvalue weighted by Gasteiger charge is 2.36. The maximum atomic E-state index is 2.49. The van der Waals surface area contributed by atoms with Gasteiger partial charge < -0.3 is 9.80 Å². The van der Waals surface area contributed by atoms with Gasteiger partial charge in [-0.15, -0.1) is 0 Å². The van der Waals surface area contributed by atoms with Crippen molar-refractivity contribution in [3.8, 4) is 44.5 Å². The van der Waals surface area contributed by atoms with Crippen molar-refractivity contribution in [2.75, 3.05) is 9.80 Å². The molecule has 4 heteroatoms. The Balaban J connectivity index is 1.05. The van der Waals surface area contributed by atoms with E-state index < -0.39 is 0 Å². The lowest BCUT2D eigenvalue weighted by Gasteiger charge is -2.34. The summed E-state index contributed by atoms with van der Waals surface area (Å²) in [6, 6.07) is 91.0. The van der Waals surface area contributed by atoms with Crippen molar-refractivity contribution in [2.45, 2.75) is 38.8 Å². The van der Waals surface area contributed by atoms with E-state index in [9.17, 15) is 0 Å². The first kappa shape index (κ1) is 42.4. The molecule has 0 fully saturated rings. The molecule has 2 heterocycles. The molecule has 2 aliphatic heterocycles. The molecule has 12 aromatic rings. The first-order valence-corrected chi connectivity index (χ1v) is 26.8. The van der Waals surface area contributed by atoms with Crippen LogP contribution in [0.2, 0.25) is 0 Å². The molecular weight excluding hydrogens is 921 g/mol. The van der Waals surface area contributed by atoms with Crippen LogP contribution in [0.1, 0.15) is 25.0 Å². The predicted octanol–water partition coefficient (Wildman–Crippen LogP) is 20.3. The molecule has 73 heavy (non-hydrogen) atoms. The topological polar surface area (TPSA) is 6.48 Å². The van der Waals surface area contributed by atoms with Crippen LogP contribution in [0.5, 0.6) is 0 Å². The van der Waals surface area contributed by atoms with Gasteiger partial charge in [0, 0.05) is 36.4 Å². The molecular formula is C69H46N2S2. The second kappa shape index (κ2) is 16.4. The van der Waals surface area contributed by atoms with Crippen molar-refractivity contribution in [1.29, 1.82) is 0 Å². The van der Waals surface area contributed by atoms with Gasteiger partial charge in [-0.05, 0) is 173 Å². The summed E-state index contributed by atoms with van der Waals surface area (Å²) in [5, 5.41) is 7.29. The summed E-state index contributed by atoms with van der Waals surface area (Å²) in [7, 11) is 0. The highest BCUT2D eigenvalue weighted by Crippen LogP contribution is 2.57. The Morgan fingerprint density at radius 3 is 1.36 bits per heavy atom. The number of hydrogen-bond donors (Lipinski definition) is 0. The van der Waals surface area contributed by atoms with Crippen LogP contribution >= 0.6 is 23.5 Å². The predicted molar refractivity (Wildman–Crippen MR) is 310 cm³/mol. The molecule has 12 aromatic carbocycles. The molecule has 344 valence electrons. The number of anilines is 6. The van der Waals surface area contributed by atoms with Gasteiger partial charge in [0.2, 0.25) is 0 Å². The molecule has 0 saturated heterocycles. The number of rotatable bonds is 5. The summed E-state index contributed by atoms with van der Waals surface area (Å²) < 4.78 is 0. The number of para-hydroxylation sites is 4. The van der Waals surface area contributed by atoms with Gasteiger partial charge in [-0.25, -0.2) is 0 Å². The summed E-state index contributed by atoms with van der Waals surface area (Å²) in [6.45, 7) is 4.76. The minimum Gasteiger partial charge on any atom is -0.308 e. The monoisotopic (exact) mass is 966 g/mol. The molecule has 0 unspecified atom stereocenters. The van der Waals surface area contributed by atoms with E-state index in [0.717, 1.165) is 11.4 Å².